The van der Waals surface area contributed by atoms with Gasteiger partial charge in [0.05, 0.1) is 11.9 Å². The van der Waals surface area contributed by atoms with Crippen LogP contribution in [0.5, 0.6) is 5.75 Å². The Balaban J connectivity index is 1.42. The number of carbonyl (C=O) groups excluding carboxylic acids is 1. The monoisotopic (exact) mass is 423 g/mol. The van der Waals surface area contributed by atoms with Gasteiger partial charge in [-0.3, -0.25) is 4.79 Å². The number of thioether (sulfide) groups is 1. The van der Waals surface area contributed by atoms with Gasteiger partial charge in [0.15, 0.2) is 5.82 Å². The number of nitrogens with zero attached hydrogens (tertiary/aromatic N) is 3. The van der Waals surface area contributed by atoms with E-state index < -0.39 is 0 Å². The normalized spacial score (nSPS) is 13.7. The summed E-state index contributed by atoms with van der Waals surface area (Å²) in [6.07, 6.45) is 3.38. The summed E-state index contributed by atoms with van der Waals surface area (Å²) in [5, 5.41) is 11.5. The van der Waals surface area contributed by atoms with Crippen LogP contribution in [0.1, 0.15) is 31.4 Å². The number of aromatic nitrogens is 3. The number of nitrogens with one attached hydrogen (secondary N) is 1. The van der Waals surface area contributed by atoms with Gasteiger partial charge in [-0.1, -0.05) is 17.8 Å². The predicted octanol–water partition coefficient (Wildman–Crippen LogP) is 3.67. The summed E-state index contributed by atoms with van der Waals surface area (Å²) in [5.74, 6) is 7.43. The molecule has 4 rings (SSSR count). The fourth-order valence-electron chi connectivity index (χ4n) is 3.53. The van der Waals surface area contributed by atoms with Crippen molar-refractivity contribution in [1.29, 1.82) is 0 Å². The number of hydrogen-bond acceptors (Lipinski definition) is 6. The average Bonchev–Trinajstić information content (AvgIpc) is 3.35. The van der Waals surface area contributed by atoms with E-state index >= 15 is 0 Å². The fraction of sp³-hybridized carbons (Fsp3) is 0.318. The molecule has 0 aliphatic heterocycles. The summed E-state index contributed by atoms with van der Waals surface area (Å²) in [4.78, 5) is 12.7. The van der Waals surface area contributed by atoms with Crippen LogP contribution in [-0.2, 0) is 17.6 Å². The molecule has 1 amide bonds. The van der Waals surface area contributed by atoms with Crippen LogP contribution in [0.3, 0.4) is 0 Å². The molecule has 3 aromatic rings. The number of hydrogen-bond donors (Lipinski definition) is 2. The largest absolute Gasteiger partial charge is 0.494 e. The van der Waals surface area contributed by atoms with Crippen LogP contribution in [0.2, 0.25) is 0 Å². The zero-order chi connectivity index (χ0) is 21.1. The number of ether oxygens (including phenoxy) is 1. The van der Waals surface area contributed by atoms with E-state index in [-0.39, 0.29) is 11.2 Å². The molecule has 156 valence electrons. The first-order chi connectivity index (χ1) is 14.5. The molecule has 3 N–H and O–H groups in total. The minimum atomic E-state index is -0.377. The minimum absolute atomic E-state index is 0.0939. The van der Waals surface area contributed by atoms with Crippen LogP contribution < -0.4 is 15.9 Å². The average molecular weight is 424 g/mol. The Labute approximate surface area is 180 Å². The SMILES string of the molecule is CCOc1ccc(-c2nnc(S[C@@H](C)C(=O)Nc3ccc4c(c3)CCC4)n2N)cc1. The number of fused-ring (bicyclic) bond motifs is 1. The Hall–Kier alpha value is -3.00. The van der Waals surface area contributed by atoms with Gasteiger partial charge < -0.3 is 15.9 Å². The van der Waals surface area contributed by atoms with Crippen molar-refractivity contribution in [2.45, 2.75) is 43.5 Å². The van der Waals surface area contributed by atoms with Crippen molar-refractivity contribution in [3.8, 4) is 17.1 Å². The molecule has 0 radical (unpaired) electrons. The van der Waals surface area contributed by atoms with E-state index in [1.807, 2.05) is 44.2 Å². The summed E-state index contributed by atoms with van der Waals surface area (Å²) >= 11 is 1.28. The molecule has 8 heteroatoms. The molecule has 0 unspecified atom stereocenters. The highest BCUT2D eigenvalue weighted by Gasteiger charge is 2.21. The number of aryl methyl sites for hydroxylation is 2. The van der Waals surface area contributed by atoms with E-state index in [1.165, 1.54) is 34.0 Å². The van der Waals surface area contributed by atoms with Gasteiger partial charge in [-0.25, -0.2) is 4.68 Å². The Bertz CT molecular complexity index is 1050. The van der Waals surface area contributed by atoms with Gasteiger partial charge in [0.2, 0.25) is 11.1 Å². The maximum absolute atomic E-state index is 12.7. The maximum atomic E-state index is 12.7. The van der Waals surface area contributed by atoms with Crippen LogP contribution in [0, 0.1) is 0 Å². The fourth-order valence-corrected chi connectivity index (χ4v) is 4.30. The van der Waals surface area contributed by atoms with Crippen LogP contribution in [-0.4, -0.2) is 32.6 Å². The smallest absolute Gasteiger partial charge is 0.237 e. The summed E-state index contributed by atoms with van der Waals surface area (Å²) < 4.78 is 6.88. The molecular formula is C22H25N5O2S. The van der Waals surface area contributed by atoms with E-state index in [9.17, 15) is 4.79 Å². The van der Waals surface area contributed by atoms with Gasteiger partial charge >= 0.3 is 0 Å². The van der Waals surface area contributed by atoms with E-state index in [0.717, 1.165) is 29.8 Å². The summed E-state index contributed by atoms with van der Waals surface area (Å²) in [7, 11) is 0. The molecule has 0 saturated carbocycles. The lowest BCUT2D eigenvalue weighted by atomic mass is 10.1. The lowest BCUT2D eigenvalue weighted by molar-refractivity contribution is -0.115. The first-order valence-corrected chi connectivity index (χ1v) is 11.0. The Morgan fingerprint density at radius 3 is 2.73 bits per heavy atom. The van der Waals surface area contributed by atoms with Gasteiger partial charge in [-0.05, 0) is 80.6 Å². The second-order valence-corrected chi connectivity index (χ2v) is 8.53. The highest BCUT2D eigenvalue weighted by molar-refractivity contribution is 8.00. The third-order valence-electron chi connectivity index (χ3n) is 5.11. The third kappa shape index (κ3) is 4.28. The van der Waals surface area contributed by atoms with Crippen molar-refractivity contribution in [3.63, 3.8) is 0 Å². The number of benzene rings is 2. The zero-order valence-electron chi connectivity index (χ0n) is 17.1. The zero-order valence-corrected chi connectivity index (χ0v) is 17.9. The molecule has 0 fully saturated rings. The number of rotatable bonds is 7. The Morgan fingerprint density at radius 2 is 1.97 bits per heavy atom. The minimum Gasteiger partial charge on any atom is -0.494 e. The highest BCUT2D eigenvalue weighted by Crippen LogP contribution is 2.28. The van der Waals surface area contributed by atoms with Gasteiger partial charge in [-0.2, -0.15) is 0 Å². The number of carbonyl (C=O) groups is 1. The van der Waals surface area contributed by atoms with Crippen molar-refractivity contribution in [3.05, 3.63) is 53.6 Å². The number of nitrogens with two attached hydrogens (primary N) is 1. The predicted molar refractivity (Wildman–Crippen MR) is 119 cm³/mol. The van der Waals surface area contributed by atoms with Gasteiger partial charge in [0.25, 0.3) is 0 Å². The number of amides is 1. The van der Waals surface area contributed by atoms with Crippen molar-refractivity contribution in [2.24, 2.45) is 0 Å². The molecule has 0 bridgehead atoms. The van der Waals surface area contributed by atoms with Crippen LogP contribution in [0.4, 0.5) is 5.69 Å². The molecule has 1 aromatic heterocycles. The van der Waals surface area contributed by atoms with E-state index in [2.05, 4.69) is 27.6 Å². The summed E-state index contributed by atoms with van der Waals surface area (Å²) in [6, 6.07) is 13.7. The van der Waals surface area contributed by atoms with Crippen molar-refractivity contribution >= 4 is 23.4 Å². The molecule has 30 heavy (non-hydrogen) atoms. The highest BCUT2D eigenvalue weighted by atomic mass is 32.2. The second kappa shape index (κ2) is 8.79. The van der Waals surface area contributed by atoms with Crippen molar-refractivity contribution < 1.29 is 9.53 Å². The van der Waals surface area contributed by atoms with Crippen LogP contribution in [0.15, 0.2) is 47.6 Å². The summed E-state index contributed by atoms with van der Waals surface area (Å²) in [6.45, 7) is 4.38. The molecular weight excluding hydrogens is 398 g/mol. The lowest BCUT2D eigenvalue weighted by Gasteiger charge is -2.12. The van der Waals surface area contributed by atoms with Gasteiger partial charge in [0, 0.05) is 11.3 Å². The molecule has 0 saturated heterocycles. The van der Waals surface area contributed by atoms with Crippen LogP contribution >= 0.6 is 11.8 Å². The van der Waals surface area contributed by atoms with E-state index in [1.54, 1.807) is 0 Å². The molecule has 1 aliphatic carbocycles. The first kappa shape index (κ1) is 20.3. The Kier molecular flexibility index (Phi) is 5.94. The molecule has 1 atom stereocenters. The standard InChI is InChI=1S/C22H25N5O2S/c1-3-29-19-11-8-16(9-12-19)20-25-26-22(27(20)23)30-14(2)21(28)24-18-10-7-15-5-4-6-17(15)13-18/h7-14H,3-6,23H2,1-2H3,(H,24,28)/t14-/m0/s1. The van der Waals surface area contributed by atoms with Gasteiger partial charge in [-0.15, -0.1) is 10.2 Å². The first-order valence-electron chi connectivity index (χ1n) is 10.1. The molecule has 2 aromatic carbocycles. The summed E-state index contributed by atoms with van der Waals surface area (Å²) in [5.41, 5.74) is 4.37. The lowest BCUT2D eigenvalue weighted by Crippen LogP contribution is -2.23. The molecule has 0 spiro atoms. The topological polar surface area (TPSA) is 95.1 Å². The molecule has 7 nitrogen and oxygen atoms in total. The second-order valence-electron chi connectivity index (χ2n) is 7.22. The molecule has 1 aliphatic rings. The van der Waals surface area contributed by atoms with E-state index in [0.29, 0.717) is 17.6 Å². The van der Waals surface area contributed by atoms with Crippen molar-refractivity contribution in [1.82, 2.24) is 14.9 Å². The quantitative estimate of drug-likeness (QED) is 0.445. The molecule has 1 heterocycles. The van der Waals surface area contributed by atoms with Crippen LogP contribution in [0.25, 0.3) is 11.4 Å². The Morgan fingerprint density at radius 1 is 1.20 bits per heavy atom. The number of nitrogen functional groups attached to an aromatic ring is 1. The third-order valence-corrected chi connectivity index (χ3v) is 6.16. The van der Waals surface area contributed by atoms with E-state index in [4.69, 9.17) is 10.6 Å². The van der Waals surface area contributed by atoms with Gasteiger partial charge in [0.1, 0.15) is 5.75 Å². The maximum Gasteiger partial charge on any atom is 0.237 e. The number of anilines is 1. The van der Waals surface area contributed by atoms with Crippen molar-refractivity contribution in [2.75, 3.05) is 17.8 Å².